The monoisotopic (exact) mass is 296 g/mol. The Hall–Kier alpha value is -2.42. The van der Waals surface area contributed by atoms with Gasteiger partial charge < -0.3 is 4.74 Å². The van der Waals surface area contributed by atoms with E-state index in [1.54, 1.807) is 19.1 Å². The molecule has 0 radical (unpaired) electrons. The maximum Gasteiger partial charge on any atom is 0.379 e. The quantitative estimate of drug-likeness (QED) is 0.459. The minimum Gasteiger partial charge on any atom is -0.460 e. The average molecular weight is 296 g/mol. The van der Waals surface area contributed by atoms with Crippen LogP contribution in [0.25, 0.3) is 11.1 Å². The highest BCUT2D eigenvalue weighted by Crippen LogP contribution is 2.21. The second kappa shape index (κ2) is 7.55. The van der Waals surface area contributed by atoms with E-state index >= 15 is 0 Å². The molecule has 0 fully saturated rings. The van der Waals surface area contributed by atoms with Gasteiger partial charge in [-0.15, -0.1) is 0 Å². The number of carbonyl (C=O) groups excluding carboxylic acids is 2. The zero-order valence-electron chi connectivity index (χ0n) is 13.0. The van der Waals surface area contributed by atoms with Crippen molar-refractivity contribution >= 4 is 11.8 Å². The summed E-state index contributed by atoms with van der Waals surface area (Å²) in [6.45, 7) is 4.04. The Labute approximate surface area is 130 Å². The standard InChI is InChI=1S/C19H20O3/c1-3-5-14-6-8-15(9-7-14)16-10-12-17(13-11-16)18(20)19(21)22-4-2/h6-13H,3-5H2,1-2H3. The lowest BCUT2D eigenvalue weighted by molar-refractivity contribution is -0.137. The Bertz CT molecular complexity index is 639. The Morgan fingerprint density at radius 2 is 1.41 bits per heavy atom. The van der Waals surface area contributed by atoms with Gasteiger partial charge in [0.1, 0.15) is 0 Å². The fourth-order valence-corrected chi connectivity index (χ4v) is 2.28. The van der Waals surface area contributed by atoms with Crippen molar-refractivity contribution in [2.45, 2.75) is 26.7 Å². The number of carbonyl (C=O) groups is 2. The van der Waals surface area contributed by atoms with Gasteiger partial charge in [-0.2, -0.15) is 0 Å². The van der Waals surface area contributed by atoms with E-state index in [-0.39, 0.29) is 6.61 Å². The molecule has 0 N–H and O–H groups in total. The largest absolute Gasteiger partial charge is 0.460 e. The highest BCUT2D eigenvalue weighted by molar-refractivity contribution is 6.40. The number of aryl methyl sites for hydroxylation is 1. The molecule has 22 heavy (non-hydrogen) atoms. The summed E-state index contributed by atoms with van der Waals surface area (Å²) in [7, 11) is 0. The van der Waals surface area contributed by atoms with Crippen molar-refractivity contribution in [3.05, 3.63) is 59.7 Å². The second-order valence-electron chi connectivity index (χ2n) is 5.07. The molecule has 114 valence electrons. The lowest BCUT2D eigenvalue weighted by Gasteiger charge is -2.05. The van der Waals surface area contributed by atoms with Gasteiger partial charge in [-0.1, -0.05) is 61.9 Å². The summed E-state index contributed by atoms with van der Waals surface area (Å²) in [4.78, 5) is 23.3. The molecule has 2 aromatic rings. The van der Waals surface area contributed by atoms with E-state index in [4.69, 9.17) is 4.74 Å². The molecular weight excluding hydrogens is 276 g/mol. The van der Waals surface area contributed by atoms with E-state index in [2.05, 4.69) is 31.2 Å². The molecule has 0 bridgehead atoms. The van der Waals surface area contributed by atoms with Crippen LogP contribution in [-0.2, 0) is 16.0 Å². The highest BCUT2D eigenvalue weighted by atomic mass is 16.5. The number of esters is 1. The Morgan fingerprint density at radius 3 is 1.91 bits per heavy atom. The van der Waals surface area contributed by atoms with E-state index in [9.17, 15) is 9.59 Å². The van der Waals surface area contributed by atoms with Crippen molar-refractivity contribution in [3.63, 3.8) is 0 Å². The molecule has 3 heteroatoms. The predicted molar refractivity (Wildman–Crippen MR) is 86.8 cm³/mol. The fraction of sp³-hybridized carbons (Fsp3) is 0.263. The van der Waals surface area contributed by atoms with Crippen LogP contribution in [0, 0.1) is 0 Å². The molecular formula is C19H20O3. The molecule has 0 aliphatic heterocycles. The predicted octanol–water partition coefficient (Wildman–Crippen LogP) is 4.05. The van der Waals surface area contributed by atoms with Crippen LogP contribution in [-0.4, -0.2) is 18.4 Å². The third kappa shape index (κ3) is 3.82. The van der Waals surface area contributed by atoms with Crippen LogP contribution in [0.4, 0.5) is 0 Å². The number of benzene rings is 2. The zero-order chi connectivity index (χ0) is 15.9. The van der Waals surface area contributed by atoms with Crippen LogP contribution in [0.15, 0.2) is 48.5 Å². The first kappa shape index (κ1) is 16.0. The first-order valence-electron chi connectivity index (χ1n) is 7.56. The summed E-state index contributed by atoms with van der Waals surface area (Å²) in [6, 6.07) is 15.4. The molecule has 0 atom stereocenters. The lowest BCUT2D eigenvalue weighted by atomic mass is 10.0. The number of Topliss-reactive ketones (excluding diaryl/α,β-unsaturated/α-hetero) is 1. The van der Waals surface area contributed by atoms with Crippen molar-refractivity contribution < 1.29 is 14.3 Å². The van der Waals surface area contributed by atoms with Gasteiger partial charge in [0.2, 0.25) is 0 Å². The summed E-state index contributed by atoms with van der Waals surface area (Å²) in [5.74, 6) is -1.41. The van der Waals surface area contributed by atoms with E-state index < -0.39 is 11.8 Å². The number of ether oxygens (including phenoxy) is 1. The number of rotatable bonds is 6. The molecule has 0 aliphatic carbocycles. The van der Waals surface area contributed by atoms with Crippen LogP contribution >= 0.6 is 0 Å². The summed E-state index contributed by atoms with van der Waals surface area (Å²) in [5.41, 5.74) is 3.78. The average Bonchev–Trinajstić information content (AvgIpc) is 2.55. The maximum atomic E-state index is 11.8. The molecule has 0 saturated carbocycles. The third-order valence-electron chi connectivity index (χ3n) is 3.43. The van der Waals surface area contributed by atoms with Gasteiger partial charge in [-0.05, 0) is 30.0 Å². The zero-order valence-corrected chi connectivity index (χ0v) is 13.0. The smallest absolute Gasteiger partial charge is 0.379 e. The minimum atomic E-state index is -0.806. The number of ketones is 1. The van der Waals surface area contributed by atoms with Gasteiger partial charge in [0.15, 0.2) is 0 Å². The SMILES string of the molecule is CCCc1ccc(-c2ccc(C(=O)C(=O)OCC)cc2)cc1. The molecule has 2 aromatic carbocycles. The molecule has 3 nitrogen and oxygen atoms in total. The third-order valence-corrected chi connectivity index (χ3v) is 3.43. The summed E-state index contributed by atoms with van der Waals surface area (Å²) in [5, 5.41) is 0. The van der Waals surface area contributed by atoms with Crippen molar-refractivity contribution in [2.75, 3.05) is 6.61 Å². The summed E-state index contributed by atoms with van der Waals surface area (Å²) >= 11 is 0. The number of hydrogen-bond donors (Lipinski definition) is 0. The summed E-state index contributed by atoms with van der Waals surface area (Å²) in [6.07, 6.45) is 2.21. The Kier molecular flexibility index (Phi) is 5.48. The van der Waals surface area contributed by atoms with E-state index in [0.717, 1.165) is 24.0 Å². The van der Waals surface area contributed by atoms with Crippen molar-refractivity contribution in [2.24, 2.45) is 0 Å². The van der Waals surface area contributed by atoms with Crippen molar-refractivity contribution in [3.8, 4) is 11.1 Å². The maximum absolute atomic E-state index is 11.8. The van der Waals surface area contributed by atoms with Crippen LogP contribution in [0.2, 0.25) is 0 Å². The van der Waals surface area contributed by atoms with Gasteiger partial charge in [0, 0.05) is 5.56 Å². The first-order valence-corrected chi connectivity index (χ1v) is 7.56. The molecule has 0 amide bonds. The second-order valence-corrected chi connectivity index (χ2v) is 5.07. The molecule has 0 heterocycles. The molecule has 0 aliphatic rings. The number of hydrogen-bond acceptors (Lipinski definition) is 3. The fourth-order valence-electron chi connectivity index (χ4n) is 2.28. The lowest BCUT2D eigenvalue weighted by Crippen LogP contribution is -2.17. The van der Waals surface area contributed by atoms with Crippen molar-refractivity contribution in [1.29, 1.82) is 0 Å². The van der Waals surface area contributed by atoms with E-state index in [1.807, 2.05) is 12.1 Å². The minimum absolute atomic E-state index is 0.201. The van der Waals surface area contributed by atoms with Gasteiger partial charge in [-0.25, -0.2) is 4.79 Å². The van der Waals surface area contributed by atoms with Crippen molar-refractivity contribution in [1.82, 2.24) is 0 Å². The van der Waals surface area contributed by atoms with Crippen LogP contribution in [0.3, 0.4) is 0 Å². The molecule has 0 aromatic heterocycles. The Morgan fingerprint density at radius 1 is 0.864 bits per heavy atom. The van der Waals surface area contributed by atoms with E-state index in [1.165, 1.54) is 5.56 Å². The van der Waals surface area contributed by atoms with Crippen LogP contribution in [0.5, 0.6) is 0 Å². The summed E-state index contributed by atoms with van der Waals surface area (Å²) < 4.78 is 4.72. The molecule has 0 saturated heterocycles. The van der Waals surface area contributed by atoms with Crippen LogP contribution < -0.4 is 0 Å². The molecule has 0 unspecified atom stereocenters. The van der Waals surface area contributed by atoms with Gasteiger partial charge >= 0.3 is 5.97 Å². The topological polar surface area (TPSA) is 43.4 Å². The van der Waals surface area contributed by atoms with Gasteiger partial charge in [0.25, 0.3) is 5.78 Å². The van der Waals surface area contributed by atoms with Gasteiger partial charge in [0.05, 0.1) is 6.61 Å². The molecule has 2 rings (SSSR count). The van der Waals surface area contributed by atoms with Gasteiger partial charge in [-0.3, -0.25) is 4.79 Å². The normalized spacial score (nSPS) is 10.3. The highest BCUT2D eigenvalue weighted by Gasteiger charge is 2.17. The van der Waals surface area contributed by atoms with E-state index in [0.29, 0.717) is 5.56 Å². The van der Waals surface area contributed by atoms with Crippen LogP contribution in [0.1, 0.15) is 36.2 Å². The molecule has 0 spiro atoms. The first-order chi connectivity index (χ1) is 10.7. The Balaban J connectivity index is 2.14.